The van der Waals surface area contributed by atoms with Crippen LogP contribution < -0.4 is 18.9 Å². The summed E-state index contributed by atoms with van der Waals surface area (Å²) in [5.74, 6) is 2.12. The summed E-state index contributed by atoms with van der Waals surface area (Å²) in [6.45, 7) is 5.24. The van der Waals surface area contributed by atoms with Gasteiger partial charge >= 0.3 is 12.1 Å². The lowest BCUT2D eigenvalue weighted by Gasteiger charge is -2.22. The number of fused-ring (bicyclic) bond motifs is 1. The van der Waals surface area contributed by atoms with E-state index < -0.39 is 12.1 Å². The van der Waals surface area contributed by atoms with Crippen LogP contribution in [0.2, 0.25) is 0 Å². The Morgan fingerprint density at radius 2 is 1.74 bits per heavy atom. The van der Waals surface area contributed by atoms with E-state index in [1.54, 1.807) is 34.1 Å². The molecule has 0 saturated carbocycles. The molecule has 39 heavy (non-hydrogen) atoms. The van der Waals surface area contributed by atoms with E-state index in [4.69, 9.17) is 33.4 Å². The van der Waals surface area contributed by atoms with Gasteiger partial charge in [-0.25, -0.2) is 14.6 Å². The van der Waals surface area contributed by atoms with Gasteiger partial charge in [-0.3, -0.25) is 0 Å². The van der Waals surface area contributed by atoms with Crippen LogP contribution in [0, 0.1) is 0 Å². The number of benzene rings is 2. The number of hydrogen-bond donors (Lipinski definition) is 0. The van der Waals surface area contributed by atoms with Gasteiger partial charge in [0, 0.05) is 18.2 Å². The van der Waals surface area contributed by atoms with Crippen molar-refractivity contribution in [3.05, 3.63) is 52.5 Å². The summed E-state index contributed by atoms with van der Waals surface area (Å²) < 4.78 is 32.7. The highest BCUT2D eigenvalue weighted by atomic mass is 32.1. The monoisotopic (exact) mass is 556 g/mol. The van der Waals surface area contributed by atoms with Crippen molar-refractivity contribution in [2.45, 2.75) is 26.8 Å². The predicted octanol–water partition coefficient (Wildman–Crippen LogP) is 4.98. The Bertz CT molecular complexity index is 1310. The van der Waals surface area contributed by atoms with Crippen molar-refractivity contribution in [1.82, 2.24) is 9.88 Å². The first kappa shape index (κ1) is 28.0. The van der Waals surface area contributed by atoms with E-state index >= 15 is 0 Å². The van der Waals surface area contributed by atoms with Gasteiger partial charge in [0.25, 0.3) is 0 Å². The van der Waals surface area contributed by atoms with Crippen molar-refractivity contribution >= 4 is 23.4 Å². The molecule has 1 aliphatic rings. The Morgan fingerprint density at radius 3 is 2.46 bits per heavy atom. The average Bonchev–Trinajstić information content (AvgIpc) is 3.39. The Morgan fingerprint density at radius 1 is 0.974 bits per heavy atom. The number of nitrogens with zero attached hydrogens (tertiary/aromatic N) is 2. The number of carbonyl (C=O) groups excluding carboxylic acids is 2. The topological polar surface area (TPSA) is 106 Å². The van der Waals surface area contributed by atoms with Gasteiger partial charge in [0.15, 0.2) is 11.5 Å². The van der Waals surface area contributed by atoms with Gasteiger partial charge in [0.05, 0.1) is 39.7 Å². The third-order valence-corrected chi connectivity index (χ3v) is 7.09. The summed E-state index contributed by atoms with van der Waals surface area (Å²) in [6, 6.07) is 11.1. The van der Waals surface area contributed by atoms with Crippen LogP contribution in [0.4, 0.5) is 4.79 Å². The number of carbonyl (C=O) groups is 2. The molecular weight excluding hydrogens is 524 g/mol. The van der Waals surface area contributed by atoms with Gasteiger partial charge < -0.3 is 33.3 Å². The Balaban J connectivity index is 1.63. The minimum atomic E-state index is -0.506. The van der Waals surface area contributed by atoms with Crippen molar-refractivity contribution in [2.75, 3.05) is 47.2 Å². The molecule has 208 valence electrons. The van der Waals surface area contributed by atoms with Crippen molar-refractivity contribution < 1.29 is 38.0 Å². The molecule has 0 saturated heterocycles. The molecule has 0 radical (unpaired) electrons. The molecule has 1 amide bonds. The van der Waals surface area contributed by atoms with Gasteiger partial charge in [-0.1, -0.05) is 6.07 Å². The molecule has 0 unspecified atom stereocenters. The number of methoxy groups -OCH3 is 2. The van der Waals surface area contributed by atoms with Gasteiger partial charge in [-0.15, -0.1) is 11.3 Å². The van der Waals surface area contributed by atoms with Crippen molar-refractivity contribution in [2.24, 2.45) is 0 Å². The second kappa shape index (κ2) is 13.2. The quantitative estimate of drug-likeness (QED) is 0.303. The number of amides is 1. The van der Waals surface area contributed by atoms with Crippen LogP contribution in [0.25, 0.3) is 10.6 Å². The zero-order valence-corrected chi connectivity index (χ0v) is 23.3. The second-order valence-electron chi connectivity index (χ2n) is 8.42. The highest BCUT2D eigenvalue weighted by molar-refractivity contribution is 7.17. The van der Waals surface area contributed by atoms with E-state index in [9.17, 15) is 9.59 Å². The fraction of sp³-hybridized carbons (Fsp3) is 0.393. The van der Waals surface area contributed by atoms with Crippen LogP contribution in [-0.4, -0.2) is 69.1 Å². The lowest BCUT2D eigenvalue weighted by atomic mass is 10.1. The SMILES string of the molecule is CCOC(=O)c1sc(-c2ccc3c(c2)OCCO3)nc1CN(CCc1ccc(OC)cc1OC)C(=O)OCC. The maximum Gasteiger partial charge on any atom is 0.410 e. The molecular formula is C28H32N2O8S. The van der Waals surface area contributed by atoms with Crippen LogP contribution in [-0.2, 0) is 22.4 Å². The molecule has 0 N–H and O–H groups in total. The fourth-order valence-corrected chi connectivity index (χ4v) is 5.02. The number of ether oxygens (including phenoxy) is 6. The zero-order valence-electron chi connectivity index (χ0n) is 22.5. The van der Waals surface area contributed by atoms with E-state index in [0.717, 1.165) is 11.1 Å². The lowest BCUT2D eigenvalue weighted by molar-refractivity contribution is 0.0527. The molecule has 3 aromatic rings. The fourth-order valence-electron chi connectivity index (χ4n) is 4.06. The largest absolute Gasteiger partial charge is 0.497 e. The maximum absolute atomic E-state index is 12.9. The standard InChI is InChI=1S/C28H32N2O8S/c1-5-35-27(31)25-21(29-26(39-25)19-8-10-22-24(15-19)38-14-13-37-22)17-30(28(32)36-6-2)12-11-18-7-9-20(33-3)16-23(18)34-4/h7-10,15-16H,5-6,11-14,17H2,1-4H3. The molecule has 2 heterocycles. The van der Waals surface area contributed by atoms with Crippen LogP contribution in [0.3, 0.4) is 0 Å². The first-order valence-corrected chi connectivity index (χ1v) is 13.5. The number of hydrogen-bond acceptors (Lipinski definition) is 10. The first-order chi connectivity index (χ1) is 19.0. The summed E-state index contributed by atoms with van der Waals surface area (Å²) in [7, 11) is 3.17. The molecule has 1 aliphatic heterocycles. The summed E-state index contributed by atoms with van der Waals surface area (Å²) in [5, 5.41) is 0.602. The van der Waals surface area contributed by atoms with E-state index in [1.165, 1.54) is 16.2 Å². The third kappa shape index (κ3) is 6.72. The predicted molar refractivity (Wildman–Crippen MR) is 145 cm³/mol. The highest BCUT2D eigenvalue weighted by Gasteiger charge is 2.25. The maximum atomic E-state index is 12.9. The molecule has 1 aromatic heterocycles. The molecule has 0 bridgehead atoms. The molecule has 2 aromatic carbocycles. The summed E-state index contributed by atoms with van der Waals surface area (Å²) in [5.41, 5.74) is 2.10. The van der Waals surface area contributed by atoms with Gasteiger partial charge in [0.1, 0.15) is 34.6 Å². The molecule has 0 atom stereocenters. The lowest BCUT2D eigenvalue weighted by Crippen LogP contribution is -2.33. The number of esters is 1. The van der Waals surface area contributed by atoms with E-state index in [-0.39, 0.29) is 19.8 Å². The van der Waals surface area contributed by atoms with Gasteiger partial charge in [-0.05, 0) is 50.1 Å². The molecule has 4 rings (SSSR count). The zero-order chi connectivity index (χ0) is 27.8. The number of aromatic nitrogens is 1. The highest BCUT2D eigenvalue weighted by Crippen LogP contribution is 2.37. The van der Waals surface area contributed by atoms with Crippen molar-refractivity contribution in [3.63, 3.8) is 0 Å². The van der Waals surface area contributed by atoms with Crippen LogP contribution >= 0.6 is 11.3 Å². The molecule has 0 aliphatic carbocycles. The van der Waals surface area contributed by atoms with E-state index in [1.807, 2.05) is 30.3 Å². The minimum Gasteiger partial charge on any atom is -0.497 e. The number of thiazole rings is 1. The van der Waals surface area contributed by atoms with Gasteiger partial charge in [0.2, 0.25) is 0 Å². The molecule has 0 fully saturated rings. The van der Waals surface area contributed by atoms with Crippen molar-refractivity contribution in [3.8, 4) is 33.6 Å². The van der Waals surface area contributed by atoms with Crippen molar-refractivity contribution in [1.29, 1.82) is 0 Å². The normalized spacial score (nSPS) is 12.0. The molecule has 0 spiro atoms. The minimum absolute atomic E-state index is 0.0620. The van der Waals surface area contributed by atoms with Crippen LogP contribution in [0.5, 0.6) is 23.0 Å². The smallest absolute Gasteiger partial charge is 0.410 e. The summed E-state index contributed by atoms with van der Waals surface area (Å²) >= 11 is 1.21. The first-order valence-electron chi connectivity index (χ1n) is 12.7. The molecule has 10 nitrogen and oxygen atoms in total. The summed E-state index contributed by atoms with van der Waals surface area (Å²) in [4.78, 5) is 32.4. The van der Waals surface area contributed by atoms with E-state index in [2.05, 4.69) is 0 Å². The second-order valence-corrected chi connectivity index (χ2v) is 9.42. The van der Waals surface area contributed by atoms with Crippen LogP contribution in [0.15, 0.2) is 36.4 Å². The van der Waals surface area contributed by atoms with Gasteiger partial charge in [-0.2, -0.15) is 0 Å². The Kier molecular flexibility index (Phi) is 9.48. The Labute approximate surface area is 231 Å². The Hall–Kier alpha value is -3.99. The van der Waals surface area contributed by atoms with E-state index in [0.29, 0.717) is 64.8 Å². The van der Waals surface area contributed by atoms with Crippen LogP contribution in [0.1, 0.15) is 34.8 Å². The average molecular weight is 557 g/mol. The number of rotatable bonds is 11. The summed E-state index contributed by atoms with van der Waals surface area (Å²) in [6.07, 6.45) is -0.0199. The molecule has 11 heteroatoms. The third-order valence-electron chi connectivity index (χ3n) is 5.96.